The third-order valence-corrected chi connectivity index (χ3v) is 5.88. The van der Waals surface area contributed by atoms with Crippen LogP contribution in [0.25, 0.3) is 22.3 Å². The van der Waals surface area contributed by atoms with Crippen LogP contribution >= 0.6 is 0 Å². The maximum absolute atomic E-state index is 8.03. The van der Waals surface area contributed by atoms with Gasteiger partial charge in [0.05, 0.1) is 1.37 Å². The minimum absolute atomic E-state index is 0.00871. The molecule has 1 aliphatic rings. The molecule has 3 heterocycles. The van der Waals surface area contributed by atoms with Crippen molar-refractivity contribution in [1.29, 1.82) is 0 Å². The summed E-state index contributed by atoms with van der Waals surface area (Å²) in [6, 6.07) is 34.4. The van der Waals surface area contributed by atoms with Crippen LogP contribution < -0.4 is 21.3 Å². The van der Waals surface area contributed by atoms with E-state index in [0.717, 1.165) is 22.5 Å². The number of pyridine rings is 2. The molecule has 4 heteroatoms. The summed E-state index contributed by atoms with van der Waals surface area (Å²) in [5.41, 5.74) is 7.98. The van der Waals surface area contributed by atoms with E-state index in [2.05, 4.69) is 58.5 Å². The van der Waals surface area contributed by atoms with E-state index in [0.29, 0.717) is 5.88 Å². The largest absolute Gasteiger partial charge is 0.439 e. The summed E-state index contributed by atoms with van der Waals surface area (Å²) in [5.74, 6) is 1.32. The number of benzene rings is 3. The summed E-state index contributed by atoms with van der Waals surface area (Å²) in [7, 11) is 0. The average Bonchev–Trinajstić information content (AvgIpc) is 3.18. The van der Waals surface area contributed by atoms with E-state index >= 15 is 0 Å². The first-order chi connectivity index (χ1) is 16.3. The lowest BCUT2D eigenvalue weighted by atomic mass is 9.40. The van der Waals surface area contributed by atoms with E-state index in [1.54, 1.807) is 12.3 Å². The van der Waals surface area contributed by atoms with Gasteiger partial charge in [0, 0.05) is 24.0 Å². The predicted octanol–water partition coefficient (Wildman–Crippen LogP) is 4.43. The Morgan fingerprint density at radius 1 is 0.656 bits per heavy atom. The highest BCUT2D eigenvalue weighted by Gasteiger charge is 2.34. The lowest BCUT2D eigenvalue weighted by molar-refractivity contribution is 0.463. The molecule has 0 fully saturated rings. The van der Waals surface area contributed by atoms with Crippen LogP contribution in [0.3, 0.4) is 0 Å². The zero-order valence-electron chi connectivity index (χ0n) is 18.3. The molecule has 0 amide bonds. The smallest absolute Gasteiger partial charge is 0.266 e. The number of ether oxygens (including phenoxy) is 1. The molecule has 0 N–H and O–H groups in total. The third-order valence-electron chi connectivity index (χ3n) is 5.88. The zero-order valence-corrected chi connectivity index (χ0v) is 17.3. The molecule has 3 aromatic carbocycles. The van der Waals surface area contributed by atoms with Crippen molar-refractivity contribution in [1.82, 2.24) is 9.97 Å². The number of rotatable bonds is 4. The minimum Gasteiger partial charge on any atom is -0.439 e. The maximum atomic E-state index is 8.03. The fourth-order valence-corrected chi connectivity index (χ4v) is 4.47. The van der Waals surface area contributed by atoms with Crippen LogP contribution in [-0.2, 0) is 0 Å². The lowest BCUT2D eigenvalue weighted by Crippen LogP contribution is -2.50. The summed E-state index contributed by atoms with van der Waals surface area (Å²) < 4.78 is 14.0. The monoisotopic (exact) mass is 411 g/mol. The van der Waals surface area contributed by atoms with Gasteiger partial charge < -0.3 is 4.74 Å². The number of fused-ring (bicyclic) bond motifs is 3. The molecule has 0 saturated heterocycles. The molecule has 150 valence electrons. The summed E-state index contributed by atoms with van der Waals surface area (Å²) in [5, 5.41) is 0. The van der Waals surface area contributed by atoms with Gasteiger partial charge in [-0.3, -0.25) is 4.98 Å². The molecule has 0 aliphatic carbocycles. The van der Waals surface area contributed by atoms with Crippen LogP contribution in [0.15, 0.2) is 115 Å². The molecule has 0 spiro atoms. The van der Waals surface area contributed by atoms with Gasteiger partial charge in [-0.15, -0.1) is 0 Å². The number of nitrogens with zero attached hydrogens (tertiary/aromatic N) is 2. The topological polar surface area (TPSA) is 35.0 Å². The fourth-order valence-electron chi connectivity index (χ4n) is 4.47. The molecule has 5 aromatic rings. The van der Waals surface area contributed by atoms with Gasteiger partial charge >= 0.3 is 0 Å². The van der Waals surface area contributed by atoms with Crippen molar-refractivity contribution in [3.8, 4) is 33.9 Å². The van der Waals surface area contributed by atoms with Gasteiger partial charge in [0.25, 0.3) is 6.71 Å². The molecular weight excluding hydrogens is 391 g/mol. The molecule has 0 saturated carbocycles. The molecular formula is C28H19BN2O. The molecule has 3 nitrogen and oxygen atoms in total. The lowest BCUT2D eigenvalue weighted by Gasteiger charge is -2.12. The molecule has 0 atom stereocenters. The minimum atomic E-state index is 0.00871. The van der Waals surface area contributed by atoms with Crippen molar-refractivity contribution in [3.05, 3.63) is 115 Å². The SMILES string of the molecule is [2H]c1cccc(B2c3ccccc3-c3ccc(-c4cccc(Oc5ccccn5)c4)cc32)n1. The van der Waals surface area contributed by atoms with Crippen molar-refractivity contribution >= 4 is 23.2 Å². The first kappa shape index (κ1) is 17.5. The predicted molar refractivity (Wildman–Crippen MR) is 131 cm³/mol. The second-order valence-electron chi connectivity index (χ2n) is 7.81. The summed E-state index contributed by atoms with van der Waals surface area (Å²) in [6.07, 6.45) is 2.01. The van der Waals surface area contributed by atoms with Crippen LogP contribution in [0.4, 0.5) is 0 Å². The normalized spacial score (nSPS) is 12.1. The molecule has 2 aromatic heterocycles. The van der Waals surface area contributed by atoms with Crippen molar-refractivity contribution < 1.29 is 6.11 Å². The van der Waals surface area contributed by atoms with Crippen molar-refractivity contribution in [2.24, 2.45) is 0 Å². The highest BCUT2D eigenvalue weighted by Crippen LogP contribution is 2.30. The van der Waals surface area contributed by atoms with Crippen LogP contribution in [0, 0.1) is 0 Å². The van der Waals surface area contributed by atoms with Gasteiger partial charge in [-0.2, -0.15) is 0 Å². The highest BCUT2D eigenvalue weighted by molar-refractivity contribution is 6.98. The second-order valence-corrected chi connectivity index (χ2v) is 7.81. The Morgan fingerprint density at radius 2 is 1.50 bits per heavy atom. The Labute approximate surface area is 188 Å². The van der Waals surface area contributed by atoms with Gasteiger partial charge in [-0.25, -0.2) is 4.98 Å². The fraction of sp³-hybridized carbons (Fsp3) is 0. The van der Waals surface area contributed by atoms with Gasteiger partial charge in [0.15, 0.2) is 0 Å². The van der Waals surface area contributed by atoms with Gasteiger partial charge in [0.1, 0.15) is 5.75 Å². The zero-order chi connectivity index (χ0) is 22.2. The van der Waals surface area contributed by atoms with Crippen molar-refractivity contribution in [2.75, 3.05) is 0 Å². The molecule has 0 bridgehead atoms. The molecule has 0 radical (unpaired) electrons. The van der Waals surface area contributed by atoms with Gasteiger partial charge in [0.2, 0.25) is 5.88 Å². The highest BCUT2D eigenvalue weighted by atomic mass is 16.5. The Balaban J connectivity index is 1.43. The van der Waals surface area contributed by atoms with Crippen molar-refractivity contribution in [2.45, 2.75) is 0 Å². The Morgan fingerprint density at radius 3 is 2.41 bits per heavy atom. The Hall–Kier alpha value is -4.18. The molecule has 32 heavy (non-hydrogen) atoms. The summed E-state index contributed by atoms with van der Waals surface area (Å²) in [6.45, 7) is 0.00871. The number of aromatic nitrogens is 2. The van der Waals surface area contributed by atoms with Gasteiger partial charge in [-0.05, 0) is 52.6 Å². The van der Waals surface area contributed by atoms with Crippen LogP contribution in [0.2, 0.25) is 0 Å². The molecule has 6 rings (SSSR count). The van der Waals surface area contributed by atoms with Crippen LogP contribution in [-0.4, -0.2) is 16.7 Å². The van der Waals surface area contributed by atoms with E-state index in [1.807, 2.05) is 48.5 Å². The van der Waals surface area contributed by atoms with E-state index in [9.17, 15) is 0 Å². The first-order valence-corrected chi connectivity index (χ1v) is 10.6. The second kappa shape index (κ2) is 7.82. The van der Waals surface area contributed by atoms with E-state index in [4.69, 9.17) is 6.11 Å². The van der Waals surface area contributed by atoms with Crippen LogP contribution in [0.1, 0.15) is 1.37 Å². The Bertz CT molecular complexity index is 1470. The van der Waals surface area contributed by atoms with E-state index in [1.165, 1.54) is 22.1 Å². The van der Waals surface area contributed by atoms with Crippen molar-refractivity contribution in [3.63, 3.8) is 0 Å². The quantitative estimate of drug-likeness (QED) is 0.403. The standard InChI is InChI=1S/C28H19BN2O/c1-2-11-25-23(10-1)24-15-14-21(19-26(24)29(25)27-12-3-5-16-30-27)20-8-7-9-22(18-20)32-28-13-4-6-17-31-28/h1-19H/i16D. The number of hydrogen-bond acceptors (Lipinski definition) is 3. The van der Waals surface area contributed by atoms with E-state index in [-0.39, 0.29) is 12.9 Å². The average molecular weight is 411 g/mol. The van der Waals surface area contributed by atoms with E-state index < -0.39 is 0 Å². The van der Waals surface area contributed by atoms with Gasteiger partial charge in [-0.1, -0.05) is 77.7 Å². The first-order valence-electron chi connectivity index (χ1n) is 11.1. The Kier molecular flexibility index (Phi) is 4.28. The van der Waals surface area contributed by atoms with Crippen LogP contribution in [0.5, 0.6) is 11.6 Å². The molecule has 0 unspecified atom stereocenters. The number of hydrogen-bond donors (Lipinski definition) is 0. The maximum Gasteiger partial charge on any atom is 0.266 e. The summed E-state index contributed by atoms with van der Waals surface area (Å²) in [4.78, 5) is 8.81. The third kappa shape index (κ3) is 3.26. The molecule has 1 aliphatic heterocycles. The summed E-state index contributed by atoms with van der Waals surface area (Å²) >= 11 is 0.